The third-order valence-electron chi connectivity index (χ3n) is 1.49. The first-order valence-electron chi connectivity index (χ1n) is 4.33. The summed E-state index contributed by atoms with van der Waals surface area (Å²) in [6.07, 6.45) is 3.79. The van der Waals surface area contributed by atoms with Crippen LogP contribution in [0.15, 0.2) is 0 Å². The molecule has 68 valence electrons. The van der Waals surface area contributed by atoms with Crippen LogP contribution in [0.2, 0.25) is 0 Å². The number of rotatable bonds is 6. The summed E-state index contributed by atoms with van der Waals surface area (Å²) in [5.41, 5.74) is 0. The summed E-state index contributed by atoms with van der Waals surface area (Å²) in [6, 6.07) is 0. The van der Waals surface area contributed by atoms with Gasteiger partial charge in [0.25, 0.3) is 0 Å². The summed E-state index contributed by atoms with van der Waals surface area (Å²) in [5.74, 6) is 0. The van der Waals surface area contributed by atoms with E-state index in [-0.39, 0.29) is 0 Å². The molecule has 0 aliphatic heterocycles. The smallest absolute Gasteiger partial charge is 0.200 e. The fourth-order valence-electron chi connectivity index (χ4n) is 0.794. The summed E-state index contributed by atoms with van der Waals surface area (Å²) in [6.45, 7) is 6.50. The van der Waals surface area contributed by atoms with Gasteiger partial charge in [0.1, 0.15) is 0 Å². The Hall–Kier alpha value is 0.190. The van der Waals surface area contributed by atoms with Crippen LogP contribution in [0.5, 0.6) is 0 Å². The number of unbranched alkanes of at least 4 members (excludes halogenated alkanes) is 1. The van der Waals surface area contributed by atoms with Crippen molar-refractivity contribution in [2.75, 3.05) is 19.4 Å². The SMILES string of the molecule is CCCCP(C)(=O)OCCC. The molecule has 11 heavy (non-hydrogen) atoms. The lowest BCUT2D eigenvalue weighted by molar-refractivity contribution is 0.316. The molecule has 0 spiro atoms. The predicted octanol–water partition coefficient (Wildman–Crippen LogP) is 3.12. The van der Waals surface area contributed by atoms with E-state index >= 15 is 0 Å². The molecule has 0 rings (SSSR count). The number of hydrogen-bond donors (Lipinski definition) is 0. The van der Waals surface area contributed by atoms with Gasteiger partial charge >= 0.3 is 0 Å². The average molecular weight is 178 g/mol. The van der Waals surface area contributed by atoms with E-state index in [4.69, 9.17) is 4.52 Å². The van der Waals surface area contributed by atoms with Crippen molar-refractivity contribution >= 4 is 7.37 Å². The lowest BCUT2D eigenvalue weighted by Crippen LogP contribution is -1.94. The van der Waals surface area contributed by atoms with Crippen LogP contribution < -0.4 is 0 Å². The highest BCUT2D eigenvalue weighted by molar-refractivity contribution is 7.58. The molecule has 0 saturated heterocycles. The van der Waals surface area contributed by atoms with Crippen molar-refractivity contribution in [3.8, 4) is 0 Å². The second kappa shape index (κ2) is 5.79. The largest absolute Gasteiger partial charge is 0.329 e. The molecule has 0 bridgehead atoms. The Morgan fingerprint density at radius 2 is 1.91 bits per heavy atom. The van der Waals surface area contributed by atoms with Gasteiger partial charge in [0.2, 0.25) is 0 Å². The summed E-state index contributed by atoms with van der Waals surface area (Å²) in [5, 5.41) is 0. The minimum atomic E-state index is -2.23. The molecule has 2 nitrogen and oxygen atoms in total. The first kappa shape index (κ1) is 11.2. The van der Waals surface area contributed by atoms with Crippen molar-refractivity contribution in [1.29, 1.82) is 0 Å². The molecule has 0 saturated carbocycles. The van der Waals surface area contributed by atoms with Crippen LogP contribution in [0.1, 0.15) is 33.1 Å². The Labute approximate surface area is 69.8 Å². The highest BCUT2D eigenvalue weighted by Gasteiger charge is 2.13. The van der Waals surface area contributed by atoms with Crippen molar-refractivity contribution in [2.45, 2.75) is 33.1 Å². The van der Waals surface area contributed by atoms with Crippen LogP contribution >= 0.6 is 7.37 Å². The molecule has 1 unspecified atom stereocenters. The molecule has 0 heterocycles. The zero-order valence-corrected chi connectivity index (χ0v) is 8.69. The molecule has 0 amide bonds. The first-order chi connectivity index (χ1) is 5.12. The summed E-state index contributed by atoms with van der Waals surface area (Å²) in [4.78, 5) is 0. The molecule has 0 aliphatic carbocycles. The van der Waals surface area contributed by atoms with Gasteiger partial charge in [0.15, 0.2) is 7.37 Å². The van der Waals surface area contributed by atoms with Crippen LogP contribution in [0.3, 0.4) is 0 Å². The van der Waals surface area contributed by atoms with Gasteiger partial charge in [0.05, 0.1) is 6.61 Å². The van der Waals surface area contributed by atoms with Crippen LogP contribution in [-0.2, 0) is 9.09 Å². The Bertz CT molecular complexity index is 122. The van der Waals surface area contributed by atoms with Crippen molar-refractivity contribution < 1.29 is 9.09 Å². The van der Waals surface area contributed by atoms with Gasteiger partial charge < -0.3 is 4.52 Å². The Balaban J connectivity index is 3.53. The molecular formula is C8H19O2P. The minimum Gasteiger partial charge on any atom is -0.329 e. The van der Waals surface area contributed by atoms with Gasteiger partial charge in [-0.1, -0.05) is 20.3 Å². The maximum absolute atomic E-state index is 11.5. The van der Waals surface area contributed by atoms with Crippen LogP contribution in [-0.4, -0.2) is 19.4 Å². The van der Waals surface area contributed by atoms with E-state index in [1.807, 2.05) is 6.92 Å². The molecule has 0 radical (unpaired) electrons. The van der Waals surface area contributed by atoms with Gasteiger partial charge in [-0.3, -0.25) is 4.57 Å². The zero-order chi connectivity index (χ0) is 8.74. The quantitative estimate of drug-likeness (QED) is 0.584. The maximum Gasteiger partial charge on any atom is 0.200 e. The van der Waals surface area contributed by atoms with E-state index in [0.717, 1.165) is 25.4 Å². The lowest BCUT2D eigenvalue weighted by atomic mass is 10.4. The van der Waals surface area contributed by atoms with Crippen LogP contribution in [0.4, 0.5) is 0 Å². The summed E-state index contributed by atoms with van der Waals surface area (Å²) >= 11 is 0. The molecular weight excluding hydrogens is 159 g/mol. The molecule has 0 fully saturated rings. The Morgan fingerprint density at radius 1 is 1.27 bits per heavy atom. The van der Waals surface area contributed by atoms with Crippen LogP contribution in [0.25, 0.3) is 0 Å². The van der Waals surface area contributed by atoms with Crippen molar-refractivity contribution in [3.63, 3.8) is 0 Å². The highest BCUT2D eigenvalue weighted by Crippen LogP contribution is 2.43. The maximum atomic E-state index is 11.5. The van der Waals surface area contributed by atoms with Crippen molar-refractivity contribution in [3.05, 3.63) is 0 Å². The standard InChI is InChI=1S/C8H19O2P/c1-4-6-8-11(3,9)10-7-5-2/h4-8H2,1-3H3. The van der Waals surface area contributed by atoms with Crippen LogP contribution in [0, 0.1) is 0 Å². The molecule has 1 atom stereocenters. The molecule has 0 N–H and O–H groups in total. The lowest BCUT2D eigenvalue weighted by Gasteiger charge is -2.11. The summed E-state index contributed by atoms with van der Waals surface area (Å²) < 4.78 is 16.7. The molecule has 0 aromatic carbocycles. The average Bonchev–Trinajstić information content (AvgIpc) is 1.97. The van der Waals surface area contributed by atoms with E-state index in [9.17, 15) is 4.57 Å². The fraction of sp³-hybridized carbons (Fsp3) is 1.00. The van der Waals surface area contributed by atoms with Crippen molar-refractivity contribution in [2.24, 2.45) is 0 Å². The van der Waals surface area contributed by atoms with E-state index < -0.39 is 7.37 Å². The predicted molar refractivity (Wildman–Crippen MR) is 49.5 cm³/mol. The fourth-order valence-corrected chi connectivity index (χ4v) is 2.38. The van der Waals surface area contributed by atoms with E-state index in [0.29, 0.717) is 6.61 Å². The van der Waals surface area contributed by atoms with E-state index in [1.165, 1.54) is 0 Å². The van der Waals surface area contributed by atoms with Gasteiger partial charge in [0, 0.05) is 12.8 Å². The topological polar surface area (TPSA) is 26.3 Å². The first-order valence-corrected chi connectivity index (χ1v) is 6.59. The van der Waals surface area contributed by atoms with E-state index in [1.54, 1.807) is 6.66 Å². The van der Waals surface area contributed by atoms with Crippen molar-refractivity contribution in [1.82, 2.24) is 0 Å². The second-order valence-corrected chi connectivity index (χ2v) is 5.66. The normalized spacial score (nSPS) is 16.3. The Kier molecular flexibility index (Phi) is 5.89. The number of hydrogen-bond acceptors (Lipinski definition) is 2. The molecule has 0 aliphatic rings. The highest BCUT2D eigenvalue weighted by atomic mass is 31.2. The van der Waals surface area contributed by atoms with Gasteiger partial charge in [-0.05, 0) is 12.8 Å². The zero-order valence-electron chi connectivity index (χ0n) is 7.80. The minimum absolute atomic E-state index is 0.636. The van der Waals surface area contributed by atoms with Gasteiger partial charge in [-0.25, -0.2) is 0 Å². The van der Waals surface area contributed by atoms with Gasteiger partial charge in [-0.15, -0.1) is 0 Å². The summed E-state index contributed by atoms with van der Waals surface area (Å²) in [7, 11) is -2.23. The third kappa shape index (κ3) is 6.58. The van der Waals surface area contributed by atoms with E-state index in [2.05, 4.69) is 6.92 Å². The monoisotopic (exact) mass is 178 g/mol. The second-order valence-electron chi connectivity index (χ2n) is 2.92. The Morgan fingerprint density at radius 3 is 2.36 bits per heavy atom. The molecule has 3 heteroatoms. The van der Waals surface area contributed by atoms with Gasteiger partial charge in [-0.2, -0.15) is 0 Å². The molecule has 0 aromatic heterocycles. The molecule has 0 aromatic rings. The third-order valence-corrected chi connectivity index (χ3v) is 3.34.